The number of pyridine rings is 1. The van der Waals surface area contributed by atoms with Crippen molar-refractivity contribution in [2.24, 2.45) is 0 Å². The van der Waals surface area contributed by atoms with Crippen LogP contribution in [-0.4, -0.2) is 15.7 Å². The lowest BCUT2D eigenvalue weighted by molar-refractivity contribution is -0.384. The van der Waals surface area contributed by atoms with Crippen molar-refractivity contribution < 1.29 is 14.1 Å². The zero-order valence-electron chi connectivity index (χ0n) is 12.5. The van der Waals surface area contributed by atoms with Crippen molar-refractivity contribution in [3.8, 4) is 11.3 Å². The maximum Gasteiger partial charge on any atom is 0.280 e. The molecule has 0 bridgehead atoms. The Morgan fingerprint density at radius 1 is 1.12 bits per heavy atom. The fourth-order valence-electron chi connectivity index (χ4n) is 2.19. The number of carbonyl (C=O) groups is 1. The van der Waals surface area contributed by atoms with Gasteiger partial charge in [-0.1, -0.05) is 12.1 Å². The largest absolute Gasteiger partial charge is 0.456 e. The molecule has 0 N–H and O–H groups in total. The molecule has 0 unspecified atom stereocenters. The van der Waals surface area contributed by atoms with Crippen LogP contribution in [0.4, 0.5) is 5.69 Å². The minimum absolute atomic E-state index is 0.0335. The molecule has 3 rings (SSSR count). The average Bonchev–Trinajstić information content (AvgIpc) is 3.09. The number of benzene rings is 1. The molecule has 0 amide bonds. The van der Waals surface area contributed by atoms with E-state index in [2.05, 4.69) is 4.98 Å². The Kier molecular flexibility index (Phi) is 4.29. The van der Waals surface area contributed by atoms with E-state index in [0.29, 0.717) is 22.6 Å². The Morgan fingerprint density at radius 3 is 2.71 bits per heavy atom. The third-order valence-corrected chi connectivity index (χ3v) is 3.34. The first-order chi connectivity index (χ1) is 11.6. The number of ketones is 1. The van der Waals surface area contributed by atoms with Crippen LogP contribution in [-0.2, 0) is 0 Å². The summed E-state index contributed by atoms with van der Waals surface area (Å²) in [5, 5.41) is 11.1. The van der Waals surface area contributed by atoms with Gasteiger partial charge in [-0.2, -0.15) is 0 Å². The van der Waals surface area contributed by atoms with Crippen LogP contribution in [0.1, 0.15) is 16.1 Å². The van der Waals surface area contributed by atoms with Gasteiger partial charge in [-0.15, -0.1) is 0 Å². The number of carbonyl (C=O) groups excluding carboxylic acids is 1. The molecular formula is C18H12N2O4. The topological polar surface area (TPSA) is 86.2 Å². The van der Waals surface area contributed by atoms with Crippen molar-refractivity contribution >= 4 is 17.5 Å². The molecule has 0 aliphatic carbocycles. The molecule has 0 fully saturated rings. The van der Waals surface area contributed by atoms with E-state index in [0.717, 1.165) is 0 Å². The van der Waals surface area contributed by atoms with Crippen LogP contribution in [0.5, 0.6) is 0 Å². The number of para-hydroxylation sites is 1. The fourth-order valence-corrected chi connectivity index (χ4v) is 2.19. The minimum Gasteiger partial charge on any atom is -0.456 e. The average molecular weight is 320 g/mol. The summed E-state index contributed by atoms with van der Waals surface area (Å²) < 4.78 is 5.59. The van der Waals surface area contributed by atoms with Crippen molar-refractivity contribution in [2.75, 3.05) is 0 Å². The van der Waals surface area contributed by atoms with Crippen LogP contribution in [0.2, 0.25) is 0 Å². The van der Waals surface area contributed by atoms with E-state index in [1.165, 1.54) is 24.4 Å². The van der Waals surface area contributed by atoms with Crippen LogP contribution < -0.4 is 0 Å². The summed E-state index contributed by atoms with van der Waals surface area (Å²) in [5.74, 6) is 0.600. The SMILES string of the molecule is O=C(/C=C/c1ccc(-c2ccccc2[N+](=O)[O-])o1)c1cccnc1. The molecule has 0 aliphatic heterocycles. The number of furan rings is 1. The molecule has 0 radical (unpaired) electrons. The summed E-state index contributed by atoms with van der Waals surface area (Å²) in [7, 11) is 0. The van der Waals surface area contributed by atoms with Crippen molar-refractivity contribution in [2.45, 2.75) is 0 Å². The van der Waals surface area contributed by atoms with Gasteiger partial charge in [0.05, 0.1) is 10.5 Å². The Balaban J connectivity index is 1.83. The highest BCUT2D eigenvalue weighted by Crippen LogP contribution is 2.31. The van der Waals surface area contributed by atoms with Gasteiger partial charge in [-0.05, 0) is 42.5 Å². The first-order valence-electron chi connectivity index (χ1n) is 7.11. The number of nitrogens with zero attached hydrogens (tertiary/aromatic N) is 2. The summed E-state index contributed by atoms with van der Waals surface area (Å²) in [4.78, 5) is 26.5. The van der Waals surface area contributed by atoms with Gasteiger partial charge in [0.2, 0.25) is 0 Å². The second kappa shape index (κ2) is 6.70. The van der Waals surface area contributed by atoms with Gasteiger partial charge in [-0.3, -0.25) is 19.9 Å². The number of hydrogen-bond donors (Lipinski definition) is 0. The van der Waals surface area contributed by atoms with Crippen LogP contribution in [0, 0.1) is 10.1 Å². The standard InChI is InChI=1S/C18H12N2O4/c21-17(13-4-3-11-19-12-13)9-7-14-8-10-18(24-14)15-5-1-2-6-16(15)20(22)23/h1-12H/b9-7+. The van der Waals surface area contributed by atoms with E-state index in [4.69, 9.17) is 4.42 Å². The Bertz CT molecular complexity index is 914. The van der Waals surface area contributed by atoms with Crippen LogP contribution in [0.25, 0.3) is 17.4 Å². The van der Waals surface area contributed by atoms with Crippen LogP contribution in [0.15, 0.2) is 71.4 Å². The number of nitro groups is 1. The van der Waals surface area contributed by atoms with E-state index in [1.54, 1.807) is 48.7 Å². The lowest BCUT2D eigenvalue weighted by Gasteiger charge is -1.98. The minimum atomic E-state index is -0.459. The molecular weight excluding hydrogens is 308 g/mol. The van der Waals surface area contributed by atoms with Crippen LogP contribution in [0.3, 0.4) is 0 Å². The van der Waals surface area contributed by atoms with E-state index in [-0.39, 0.29) is 11.5 Å². The lowest BCUT2D eigenvalue weighted by atomic mass is 10.1. The number of aromatic nitrogens is 1. The number of hydrogen-bond acceptors (Lipinski definition) is 5. The molecule has 6 heteroatoms. The summed E-state index contributed by atoms with van der Waals surface area (Å²) in [6.07, 6.45) is 5.96. The Labute approximate surface area is 137 Å². The quantitative estimate of drug-likeness (QED) is 0.305. The molecule has 0 saturated carbocycles. The molecule has 0 atom stereocenters. The highest BCUT2D eigenvalue weighted by Gasteiger charge is 2.16. The smallest absolute Gasteiger partial charge is 0.280 e. The van der Waals surface area contributed by atoms with Gasteiger partial charge in [0, 0.05) is 24.0 Å². The predicted octanol–water partition coefficient (Wildman–Crippen LogP) is 4.15. The third kappa shape index (κ3) is 3.27. The number of rotatable bonds is 5. The Hall–Kier alpha value is -3.54. The monoisotopic (exact) mass is 320 g/mol. The fraction of sp³-hybridized carbons (Fsp3) is 0. The van der Waals surface area contributed by atoms with Gasteiger partial charge in [-0.25, -0.2) is 0 Å². The van der Waals surface area contributed by atoms with Crippen molar-refractivity contribution in [3.63, 3.8) is 0 Å². The maximum atomic E-state index is 12.0. The van der Waals surface area contributed by atoms with Gasteiger partial charge in [0.1, 0.15) is 11.5 Å². The molecule has 0 saturated heterocycles. The first-order valence-corrected chi connectivity index (χ1v) is 7.11. The van der Waals surface area contributed by atoms with Crippen molar-refractivity contribution in [3.05, 3.63) is 88.4 Å². The van der Waals surface area contributed by atoms with Gasteiger partial charge in [0.25, 0.3) is 5.69 Å². The second-order valence-corrected chi connectivity index (χ2v) is 4.92. The molecule has 2 heterocycles. The number of nitro benzene ring substituents is 1. The zero-order chi connectivity index (χ0) is 16.9. The molecule has 1 aromatic carbocycles. The predicted molar refractivity (Wildman–Crippen MR) is 88.4 cm³/mol. The molecule has 0 aliphatic rings. The summed E-state index contributed by atoms with van der Waals surface area (Å²) in [6, 6.07) is 13.0. The number of allylic oxidation sites excluding steroid dienone is 1. The Morgan fingerprint density at radius 2 is 1.96 bits per heavy atom. The van der Waals surface area contributed by atoms with E-state index < -0.39 is 4.92 Å². The second-order valence-electron chi connectivity index (χ2n) is 4.92. The molecule has 24 heavy (non-hydrogen) atoms. The first kappa shape index (κ1) is 15.4. The highest BCUT2D eigenvalue weighted by molar-refractivity contribution is 6.06. The lowest BCUT2D eigenvalue weighted by Crippen LogP contribution is -1.93. The van der Waals surface area contributed by atoms with E-state index in [9.17, 15) is 14.9 Å². The maximum absolute atomic E-state index is 12.0. The summed E-state index contributed by atoms with van der Waals surface area (Å²) >= 11 is 0. The van der Waals surface area contributed by atoms with Gasteiger partial charge in [0.15, 0.2) is 5.78 Å². The van der Waals surface area contributed by atoms with Gasteiger partial charge >= 0.3 is 0 Å². The van der Waals surface area contributed by atoms with Crippen molar-refractivity contribution in [1.29, 1.82) is 0 Å². The van der Waals surface area contributed by atoms with Gasteiger partial charge < -0.3 is 4.42 Å². The molecule has 2 aromatic heterocycles. The zero-order valence-corrected chi connectivity index (χ0v) is 12.5. The molecule has 0 spiro atoms. The van der Waals surface area contributed by atoms with E-state index in [1.807, 2.05) is 0 Å². The molecule has 3 aromatic rings. The molecule has 6 nitrogen and oxygen atoms in total. The van der Waals surface area contributed by atoms with E-state index >= 15 is 0 Å². The van der Waals surface area contributed by atoms with Crippen LogP contribution >= 0.6 is 0 Å². The van der Waals surface area contributed by atoms with Crippen molar-refractivity contribution in [1.82, 2.24) is 4.98 Å². The normalized spacial score (nSPS) is 10.8. The highest BCUT2D eigenvalue weighted by atomic mass is 16.6. The molecule has 118 valence electrons. The summed E-state index contributed by atoms with van der Waals surface area (Å²) in [5.41, 5.74) is 0.828. The third-order valence-electron chi connectivity index (χ3n) is 3.34. The summed E-state index contributed by atoms with van der Waals surface area (Å²) in [6.45, 7) is 0.